The molecule has 1 atom stereocenters. The average molecular weight is 594 g/mol. The van der Waals surface area contributed by atoms with Gasteiger partial charge in [-0.3, -0.25) is 4.79 Å². The Balaban J connectivity index is 1.63. The molecule has 218 valence electrons. The molecule has 5 rings (SSSR count). The van der Waals surface area contributed by atoms with Crippen LogP contribution in [0.4, 0.5) is 23.7 Å². The van der Waals surface area contributed by atoms with Crippen molar-refractivity contribution >= 4 is 52.1 Å². The monoisotopic (exact) mass is 594 g/mol. The van der Waals surface area contributed by atoms with Crippen LogP contribution < -0.4 is 9.88 Å². The summed E-state index contributed by atoms with van der Waals surface area (Å²) in [7, 11) is -4.48. The number of rotatable bonds is 6. The van der Waals surface area contributed by atoms with Gasteiger partial charge in [0.15, 0.2) is 5.82 Å². The predicted molar refractivity (Wildman–Crippen MR) is 143 cm³/mol. The number of nitrogens with zero attached hydrogens (tertiary/aromatic N) is 4. The van der Waals surface area contributed by atoms with Crippen molar-refractivity contribution < 1.29 is 45.6 Å². The number of hydrogen-bond acceptors (Lipinski definition) is 8. The molecular formula is C25H26BF3N4O7S. The lowest BCUT2D eigenvalue weighted by Gasteiger charge is -2.32. The molecule has 2 aromatic heterocycles. The fraction of sp³-hybridized carbons (Fsp3) is 0.400. The summed E-state index contributed by atoms with van der Waals surface area (Å²) in [6.45, 7) is 6.89. The highest BCUT2D eigenvalue weighted by molar-refractivity contribution is 7.73. The number of hydrogen-bond donors (Lipinski definition) is 2. The number of carboxylic acid groups (broad SMARTS) is 1. The zero-order valence-corrected chi connectivity index (χ0v) is 23.3. The van der Waals surface area contributed by atoms with E-state index in [1.807, 2.05) is 27.7 Å². The van der Waals surface area contributed by atoms with Crippen molar-refractivity contribution in [3.05, 3.63) is 53.4 Å². The molecule has 0 spiro atoms. The quantitative estimate of drug-likeness (QED) is 0.251. The maximum atomic E-state index is 15.8. The molecule has 4 heterocycles. The van der Waals surface area contributed by atoms with Gasteiger partial charge in [0.05, 0.1) is 28.9 Å². The van der Waals surface area contributed by atoms with Crippen LogP contribution in [0.5, 0.6) is 0 Å². The van der Waals surface area contributed by atoms with Crippen LogP contribution in [0, 0.1) is 11.6 Å². The number of pyridine rings is 1. The number of carbonyl (C=O) groups is 2. The van der Waals surface area contributed by atoms with E-state index in [2.05, 4.69) is 4.98 Å². The second-order valence-corrected chi connectivity index (χ2v) is 11.7. The van der Waals surface area contributed by atoms with Gasteiger partial charge in [0.25, 0.3) is 0 Å². The molecule has 0 aliphatic carbocycles. The molecule has 2 fully saturated rings. The third kappa shape index (κ3) is 4.88. The van der Waals surface area contributed by atoms with Crippen molar-refractivity contribution in [2.24, 2.45) is 0 Å². The maximum absolute atomic E-state index is 15.8. The fourth-order valence-corrected chi connectivity index (χ4v) is 5.51. The highest BCUT2D eigenvalue weighted by Crippen LogP contribution is 2.37. The Labute approximate surface area is 234 Å². The van der Waals surface area contributed by atoms with E-state index in [1.54, 1.807) is 0 Å². The SMILES string of the molecule is CC1(C)OB(c2cnc3c(c2)c(C(=O)c2c(F)ccc(N(N4CC[C@@H](F)C4)[SH](=O)=O)c2F)cn3C(=O)O)OC1(C)C. The van der Waals surface area contributed by atoms with Gasteiger partial charge >= 0.3 is 13.2 Å². The second kappa shape index (κ2) is 10.1. The number of fused-ring (bicyclic) bond motifs is 1. The normalized spacial score (nSPS) is 20.3. The van der Waals surface area contributed by atoms with Crippen LogP contribution in [0.15, 0.2) is 30.6 Å². The first-order valence-corrected chi connectivity index (χ1v) is 13.7. The zero-order chi connectivity index (χ0) is 30.0. The molecule has 0 saturated carbocycles. The number of ketones is 1. The van der Waals surface area contributed by atoms with E-state index in [1.165, 1.54) is 12.3 Å². The van der Waals surface area contributed by atoms with Gasteiger partial charge in [-0.2, -0.15) is 4.41 Å². The first-order valence-electron chi connectivity index (χ1n) is 12.6. The molecule has 2 aliphatic rings. The molecule has 16 heteroatoms. The molecule has 41 heavy (non-hydrogen) atoms. The second-order valence-electron chi connectivity index (χ2n) is 10.8. The van der Waals surface area contributed by atoms with Crippen LogP contribution in [0.1, 0.15) is 50.0 Å². The molecule has 3 aromatic rings. The van der Waals surface area contributed by atoms with Gasteiger partial charge in [-0.1, -0.05) is 0 Å². The van der Waals surface area contributed by atoms with Crippen molar-refractivity contribution in [3.63, 3.8) is 0 Å². The summed E-state index contributed by atoms with van der Waals surface area (Å²) in [6.07, 6.45) is -0.673. The lowest BCUT2D eigenvalue weighted by Crippen LogP contribution is -2.41. The standard InChI is InChI=1S/C25H26BF3N4O7S/c1-24(2)25(3,4)40-26(39-24)13-9-15-16(12-32(23(35)36)22(15)30-10-13)21(34)19-17(28)5-6-18(20(19)29)33(41(37)38)31-8-7-14(27)11-31/h5-6,9-10,12,14,41H,7-8,11H2,1-4H3,(H,35,36)/t14-/m1/s1. The summed E-state index contributed by atoms with van der Waals surface area (Å²) in [6, 6.07) is 2.94. The van der Waals surface area contributed by atoms with E-state index < -0.39 is 75.7 Å². The van der Waals surface area contributed by atoms with E-state index in [4.69, 9.17) is 9.31 Å². The van der Waals surface area contributed by atoms with Gasteiger partial charge in [-0.15, -0.1) is 0 Å². The number of carbonyl (C=O) groups excluding carboxylic acids is 1. The largest absolute Gasteiger partial charge is 0.496 e. The number of hydrazine groups is 1. The highest BCUT2D eigenvalue weighted by atomic mass is 32.2. The number of aromatic nitrogens is 2. The van der Waals surface area contributed by atoms with Gasteiger partial charge in [-0.25, -0.2) is 40.9 Å². The molecule has 1 N–H and O–H groups in total. The van der Waals surface area contributed by atoms with Crippen LogP contribution in [-0.2, 0) is 20.2 Å². The minimum absolute atomic E-state index is 0.00108. The minimum atomic E-state index is -3.54. The zero-order valence-electron chi connectivity index (χ0n) is 22.4. The Hall–Kier alpha value is -3.47. The Morgan fingerprint density at radius 2 is 1.83 bits per heavy atom. The lowest BCUT2D eigenvalue weighted by molar-refractivity contribution is 0.00578. The van der Waals surface area contributed by atoms with Crippen molar-refractivity contribution in [3.8, 4) is 0 Å². The summed E-state index contributed by atoms with van der Waals surface area (Å²) in [5.74, 6) is -4.08. The summed E-state index contributed by atoms with van der Waals surface area (Å²) in [4.78, 5) is 29.8. The van der Waals surface area contributed by atoms with Crippen LogP contribution in [0.2, 0.25) is 0 Å². The van der Waals surface area contributed by atoms with Gasteiger partial charge in [-0.05, 0) is 52.3 Å². The Kier molecular flexibility index (Phi) is 7.16. The summed E-state index contributed by atoms with van der Waals surface area (Å²) >= 11 is 0. The van der Waals surface area contributed by atoms with Crippen molar-refractivity contribution in [1.29, 1.82) is 0 Å². The molecule has 1 aromatic carbocycles. The van der Waals surface area contributed by atoms with Gasteiger partial charge in [0, 0.05) is 29.8 Å². The maximum Gasteiger partial charge on any atom is 0.496 e. The fourth-order valence-electron chi connectivity index (χ4n) is 4.81. The third-order valence-electron chi connectivity index (χ3n) is 7.69. The van der Waals surface area contributed by atoms with E-state index >= 15 is 8.78 Å². The summed E-state index contributed by atoms with van der Waals surface area (Å²) in [5.41, 5.74) is -3.52. The van der Waals surface area contributed by atoms with E-state index in [9.17, 15) is 27.5 Å². The molecule has 0 amide bonds. The Morgan fingerprint density at radius 3 is 2.39 bits per heavy atom. The molecular weight excluding hydrogens is 568 g/mol. The molecule has 0 bridgehead atoms. The van der Waals surface area contributed by atoms with Gasteiger partial charge < -0.3 is 14.4 Å². The predicted octanol–water partition coefficient (Wildman–Crippen LogP) is 2.66. The van der Waals surface area contributed by atoms with Crippen LogP contribution >= 0.6 is 0 Å². The van der Waals surface area contributed by atoms with Crippen molar-refractivity contribution in [2.45, 2.75) is 51.5 Å². The van der Waals surface area contributed by atoms with Gasteiger partial charge in [0.2, 0.25) is 16.7 Å². The molecule has 11 nitrogen and oxygen atoms in total. The average Bonchev–Trinajstić information content (AvgIpc) is 3.53. The highest BCUT2D eigenvalue weighted by Gasteiger charge is 2.52. The molecule has 0 radical (unpaired) electrons. The van der Waals surface area contributed by atoms with Crippen LogP contribution in [0.3, 0.4) is 0 Å². The Morgan fingerprint density at radius 1 is 1.17 bits per heavy atom. The number of thiol groups is 1. The van der Waals surface area contributed by atoms with Crippen LogP contribution in [-0.4, -0.2) is 77.5 Å². The van der Waals surface area contributed by atoms with Gasteiger partial charge in [0.1, 0.15) is 23.3 Å². The van der Waals surface area contributed by atoms with Crippen LogP contribution in [0.25, 0.3) is 11.0 Å². The van der Waals surface area contributed by atoms with Crippen molar-refractivity contribution in [2.75, 3.05) is 17.5 Å². The first-order chi connectivity index (χ1) is 19.1. The number of halogens is 3. The van der Waals surface area contributed by atoms with E-state index in [0.29, 0.717) is 20.5 Å². The number of anilines is 1. The molecule has 0 unspecified atom stereocenters. The topological polar surface area (TPSA) is 131 Å². The van der Waals surface area contributed by atoms with Crippen molar-refractivity contribution in [1.82, 2.24) is 14.6 Å². The lowest BCUT2D eigenvalue weighted by atomic mass is 9.79. The van der Waals surface area contributed by atoms with E-state index in [-0.39, 0.29) is 30.5 Å². The molecule has 2 aliphatic heterocycles. The number of alkyl halides is 1. The summed E-state index contributed by atoms with van der Waals surface area (Å²) < 4.78 is 81.9. The smallest absolute Gasteiger partial charge is 0.464 e. The van der Waals surface area contributed by atoms with E-state index in [0.717, 1.165) is 17.3 Å². The third-order valence-corrected chi connectivity index (χ3v) is 8.46. The summed E-state index contributed by atoms with van der Waals surface area (Å²) in [5, 5.41) is 10.7. The molecule has 2 saturated heterocycles. The first kappa shape index (κ1) is 29.0. The number of benzene rings is 1. The minimum Gasteiger partial charge on any atom is -0.464 e. The Bertz CT molecular complexity index is 1640.